The molecule has 0 fully saturated rings. The van der Waals surface area contributed by atoms with E-state index in [1.807, 2.05) is 13.8 Å². The number of nitrogens with one attached hydrogen (secondary N) is 2. The molecule has 0 amide bonds. The Balaban J connectivity index is 2.69. The van der Waals surface area contributed by atoms with E-state index in [0.717, 1.165) is 18.2 Å². The lowest BCUT2D eigenvalue weighted by Gasteiger charge is -2.10. The molecule has 0 radical (unpaired) electrons. The van der Waals surface area contributed by atoms with E-state index in [-0.39, 0.29) is 17.5 Å². The van der Waals surface area contributed by atoms with Gasteiger partial charge in [0.2, 0.25) is 10.0 Å². The largest absolute Gasteiger partial charge is 0.314 e. The first-order valence-electron chi connectivity index (χ1n) is 6.38. The van der Waals surface area contributed by atoms with Gasteiger partial charge in [-0.2, -0.15) is 0 Å². The third kappa shape index (κ3) is 6.50. The zero-order chi connectivity index (χ0) is 16.0. The number of hydrogen-bond donors (Lipinski definition) is 2. The standard InChI is InChI=1S/C12H18FN3O4S/c1-9(2)14-4-3-5-21(19,20)15-11-6-10(13)7-12(8-11)16(17)18/h6-9,14-15H,3-5H2,1-2H3. The van der Waals surface area contributed by atoms with E-state index in [1.54, 1.807) is 0 Å². The fraction of sp³-hybridized carbons (Fsp3) is 0.500. The SMILES string of the molecule is CC(C)NCCCS(=O)(=O)Nc1cc(F)cc([N+](=O)[O-])c1. The number of nitrogens with zero attached hydrogens (tertiary/aromatic N) is 1. The summed E-state index contributed by atoms with van der Waals surface area (Å²) < 4.78 is 39.0. The van der Waals surface area contributed by atoms with E-state index in [9.17, 15) is 22.9 Å². The first kappa shape index (κ1) is 17.3. The normalized spacial score (nSPS) is 11.6. The van der Waals surface area contributed by atoms with Crippen molar-refractivity contribution < 1.29 is 17.7 Å². The van der Waals surface area contributed by atoms with Gasteiger partial charge in [-0.3, -0.25) is 14.8 Å². The Kier molecular flexibility index (Phi) is 6.03. The molecule has 1 aromatic rings. The second-order valence-electron chi connectivity index (χ2n) is 4.84. The fourth-order valence-corrected chi connectivity index (χ4v) is 2.73. The van der Waals surface area contributed by atoms with Crippen molar-refractivity contribution in [1.29, 1.82) is 0 Å². The molecule has 1 aromatic carbocycles. The van der Waals surface area contributed by atoms with Gasteiger partial charge in [0.15, 0.2) is 0 Å². The number of nitro groups is 1. The van der Waals surface area contributed by atoms with Crippen LogP contribution in [0.2, 0.25) is 0 Å². The Morgan fingerprint density at radius 2 is 2.00 bits per heavy atom. The molecule has 2 N–H and O–H groups in total. The van der Waals surface area contributed by atoms with Crippen LogP contribution in [0.1, 0.15) is 20.3 Å². The summed E-state index contributed by atoms with van der Waals surface area (Å²) in [5.74, 6) is -1.03. The molecule has 0 aliphatic rings. The van der Waals surface area contributed by atoms with Gasteiger partial charge >= 0.3 is 0 Å². The fourth-order valence-electron chi connectivity index (χ4n) is 1.62. The molecule has 0 spiro atoms. The van der Waals surface area contributed by atoms with Gasteiger partial charge in [0.05, 0.1) is 22.4 Å². The van der Waals surface area contributed by atoms with Crippen molar-refractivity contribution >= 4 is 21.4 Å². The van der Waals surface area contributed by atoms with Gasteiger partial charge in [0, 0.05) is 12.1 Å². The highest BCUT2D eigenvalue weighted by atomic mass is 32.2. The Bertz CT molecular complexity index is 605. The highest BCUT2D eigenvalue weighted by Gasteiger charge is 2.15. The van der Waals surface area contributed by atoms with Gasteiger partial charge in [0.1, 0.15) is 5.82 Å². The van der Waals surface area contributed by atoms with Crippen LogP contribution in [-0.2, 0) is 10.0 Å². The number of benzene rings is 1. The summed E-state index contributed by atoms with van der Waals surface area (Å²) >= 11 is 0. The molecule has 9 heteroatoms. The smallest absolute Gasteiger partial charge is 0.274 e. The minimum absolute atomic E-state index is 0.154. The third-order valence-electron chi connectivity index (χ3n) is 2.51. The van der Waals surface area contributed by atoms with Crippen molar-refractivity contribution in [3.05, 3.63) is 34.1 Å². The van der Waals surface area contributed by atoms with Gasteiger partial charge in [-0.25, -0.2) is 12.8 Å². The summed E-state index contributed by atoms with van der Waals surface area (Å²) in [6.07, 6.45) is 0.380. The molecule has 0 unspecified atom stereocenters. The first-order chi connectivity index (χ1) is 9.69. The molecule has 21 heavy (non-hydrogen) atoms. The minimum atomic E-state index is -3.67. The molecule has 0 atom stereocenters. The van der Waals surface area contributed by atoms with E-state index >= 15 is 0 Å². The van der Waals surface area contributed by atoms with Crippen molar-refractivity contribution in [2.24, 2.45) is 0 Å². The molecule has 0 saturated heterocycles. The lowest BCUT2D eigenvalue weighted by molar-refractivity contribution is -0.385. The van der Waals surface area contributed by atoms with Crippen LogP contribution in [-0.4, -0.2) is 31.7 Å². The topological polar surface area (TPSA) is 101 Å². The number of non-ortho nitro benzene ring substituents is 1. The van der Waals surface area contributed by atoms with E-state index < -0.39 is 26.5 Å². The summed E-state index contributed by atoms with van der Waals surface area (Å²) in [6.45, 7) is 4.42. The second kappa shape index (κ2) is 7.32. The maximum Gasteiger partial charge on any atom is 0.274 e. The van der Waals surface area contributed by atoms with Crippen LogP contribution >= 0.6 is 0 Å². The minimum Gasteiger partial charge on any atom is -0.314 e. The molecule has 0 aliphatic carbocycles. The highest BCUT2D eigenvalue weighted by Crippen LogP contribution is 2.21. The third-order valence-corrected chi connectivity index (χ3v) is 3.88. The van der Waals surface area contributed by atoms with E-state index in [4.69, 9.17) is 0 Å². The lowest BCUT2D eigenvalue weighted by atomic mass is 10.3. The number of hydrogen-bond acceptors (Lipinski definition) is 5. The van der Waals surface area contributed by atoms with Crippen molar-refractivity contribution in [3.8, 4) is 0 Å². The van der Waals surface area contributed by atoms with Crippen LogP contribution in [0.3, 0.4) is 0 Å². The molecule has 7 nitrogen and oxygen atoms in total. The quantitative estimate of drug-likeness (QED) is 0.433. The maximum atomic E-state index is 13.2. The van der Waals surface area contributed by atoms with Gasteiger partial charge < -0.3 is 5.32 Å². The zero-order valence-electron chi connectivity index (χ0n) is 11.8. The lowest BCUT2D eigenvalue weighted by Crippen LogP contribution is -2.26. The van der Waals surface area contributed by atoms with Gasteiger partial charge in [-0.15, -0.1) is 0 Å². The predicted molar refractivity (Wildman–Crippen MR) is 78.2 cm³/mol. The van der Waals surface area contributed by atoms with Gasteiger partial charge in [-0.05, 0) is 19.0 Å². The van der Waals surface area contributed by atoms with Crippen molar-refractivity contribution in [3.63, 3.8) is 0 Å². The van der Waals surface area contributed by atoms with Crippen molar-refractivity contribution in [1.82, 2.24) is 5.32 Å². The molecular weight excluding hydrogens is 301 g/mol. The molecule has 0 aromatic heterocycles. The Morgan fingerprint density at radius 1 is 1.33 bits per heavy atom. The average Bonchev–Trinajstić information content (AvgIpc) is 2.33. The van der Waals surface area contributed by atoms with Crippen LogP contribution in [0, 0.1) is 15.9 Å². The zero-order valence-corrected chi connectivity index (χ0v) is 12.6. The summed E-state index contributed by atoms with van der Waals surface area (Å²) in [7, 11) is -3.67. The number of sulfonamides is 1. The molecule has 118 valence electrons. The number of rotatable bonds is 8. The van der Waals surface area contributed by atoms with Crippen LogP contribution in [0.25, 0.3) is 0 Å². The van der Waals surface area contributed by atoms with Crippen LogP contribution in [0.4, 0.5) is 15.8 Å². The predicted octanol–water partition coefficient (Wildman–Crippen LogP) is 1.86. The number of anilines is 1. The van der Waals surface area contributed by atoms with Crippen LogP contribution in [0.5, 0.6) is 0 Å². The summed E-state index contributed by atoms with van der Waals surface area (Å²) in [5, 5.41) is 13.7. The summed E-state index contributed by atoms with van der Waals surface area (Å²) in [4.78, 5) is 9.81. The van der Waals surface area contributed by atoms with Crippen molar-refractivity contribution in [2.75, 3.05) is 17.0 Å². The molecular formula is C12H18FN3O4S. The van der Waals surface area contributed by atoms with Crippen LogP contribution in [0.15, 0.2) is 18.2 Å². The second-order valence-corrected chi connectivity index (χ2v) is 6.68. The number of halogens is 1. The number of nitro benzene ring substituents is 1. The Hall–Kier alpha value is -1.74. The molecule has 0 heterocycles. The van der Waals surface area contributed by atoms with Crippen molar-refractivity contribution in [2.45, 2.75) is 26.3 Å². The van der Waals surface area contributed by atoms with Crippen LogP contribution < -0.4 is 10.0 Å². The van der Waals surface area contributed by atoms with E-state index in [0.29, 0.717) is 13.0 Å². The van der Waals surface area contributed by atoms with Gasteiger partial charge in [-0.1, -0.05) is 13.8 Å². The average molecular weight is 319 g/mol. The maximum absolute atomic E-state index is 13.2. The molecule has 1 rings (SSSR count). The summed E-state index contributed by atoms with van der Waals surface area (Å²) in [6, 6.07) is 2.86. The molecule has 0 aliphatic heterocycles. The molecule has 0 saturated carbocycles. The summed E-state index contributed by atoms with van der Waals surface area (Å²) in [5.41, 5.74) is -0.660. The van der Waals surface area contributed by atoms with E-state index in [1.165, 1.54) is 0 Å². The van der Waals surface area contributed by atoms with Gasteiger partial charge in [0.25, 0.3) is 5.69 Å². The first-order valence-corrected chi connectivity index (χ1v) is 8.04. The monoisotopic (exact) mass is 319 g/mol. The van der Waals surface area contributed by atoms with E-state index in [2.05, 4.69) is 10.0 Å². The highest BCUT2D eigenvalue weighted by molar-refractivity contribution is 7.92. The molecule has 0 bridgehead atoms. The Morgan fingerprint density at radius 3 is 2.57 bits per heavy atom. The Labute approximate surface area is 122 Å².